The summed E-state index contributed by atoms with van der Waals surface area (Å²) in [5.41, 5.74) is 0.460. The number of rotatable bonds is 5. The third kappa shape index (κ3) is 3.14. The molecule has 1 aliphatic rings. The van der Waals surface area contributed by atoms with Crippen molar-refractivity contribution in [1.29, 1.82) is 0 Å². The van der Waals surface area contributed by atoms with Crippen LogP contribution in [0.15, 0.2) is 28.8 Å². The molecule has 23 heavy (non-hydrogen) atoms. The van der Waals surface area contributed by atoms with Crippen LogP contribution >= 0.6 is 0 Å². The largest absolute Gasteiger partial charge is 0.492 e. The Morgan fingerprint density at radius 2 is 2.30 bits per heavy atom. The first kappa shape index (κ1) is 15.4. The number of benzene rings is 1. The molecule has 0 amide bonds. The van der Waals surface area contributed by atoms with Gasteiger partial charge in [0.2, 0.25) is 0 Å². The Morgan fingerprint density at radius 1 is 1.48 bits per heavy atom. The van der Waals surface area contributed by atoms with Crippen molar-refractivity contribution < 1.29 is 23.9 Å². The number of aromatic nitrogens is 1. The highest BCUT2D eigenvalue weighted by Gasteiger charge is 2.24. The molecule has 0 spiro atoms. The second-order valence-electron chi connectivity index (χ2n) is 5.51. The summed E-state index contributed by atoms with van der Waals surface area (Å²) < 4.78 is 16.6. The highest BCUT2D eigenvalue weighted by atomic mass is 16.5. The van der Waals surface area contributed by atoms with E-state index in [9.17, 15) is 4.79 Å². The minimum atomic E-state index is -1.14. The molecule has 0 radical (unpaired) electrons. The summed E-state index contributed by atoms with van der Waals surface area (Å²) in [4.78, 5) is 13.1. The third-order valence-electron chi connectivity index (χ3n) is 3.82. The zero-order valence-corrected chi connectivity index (χ0v) is 13.0. The fourth-order valence-corrected chi connectivity index (χ4v) is 2.69. The second-order valence-corrected chi connectivity index (χ2v) is 5.51. The van der Waals surface area contributed by atoms with Gasteiger partial charge in [-0.1, -0.05) is 11.2 Å². The molecule has 7 nitrogen and oxygen atoms in total. The van der Waals surface area contributed by atoms with E-state index in [0.29, 0.717) is 22.8 Å². The van der Waals surface area contributed by atoms with Gasteiger partial charge in [0, 0.05) is 19.2 Å². The van der Waals surface area contributed by atoms with Crippen molar-refractivity contribution in [3.63, 3.8) is 0 Å². The highest BCUT2D eigenvalue weighted by molar-refractivity contribution is 5.87. The van der Waals surface area contributed by atoms with E-state index in [-0.39, 0.29) is 11.8 Å². The molecule has 1 N–H and O–H groups in total. The summed E-state index contributed by atoms with van der Waals surface area (Å²) in [5.74, 6) is 0.308. The maximum absolute atomic E-state index is 10.9. The van der Waals surface area contributed by atoms with Crippen molar-refractivity contribution in [3.8, 4) is 22.8 Å². The number of carboxylic acids is 1. The molecule has 1 atom stereocenters. The molecule has 2 aromatic rings. The SMILES string of the molecule is COc1c(OC2CCN(C)C2)cccc1-c1cc(C(=O)O)no1. The Balaban J connectivity index is 1.91. The molecule has 3 rings (SSSR count). The van der Waals surface area contributed by atoms with Crippen molar-refractivity contribution in [1.82, 2.24) is 10.1 Å². The number of likely N-dealkylation sites (N-methyl/N-ethyl adjacent to an activating group) is 1. The van der Waals surface area contributed by atoms with Crippen LogP contribution < -0.4 is 9.47 Å². The van der Waals surface area contributed by atoms with Crippen molar-refractivity contribution in [2.24, 2.45) is 0 Å². The lowest BCUT2D eigenvalue weighted by Gasteiger charge is -2.17. The van der Waals surface area contributed by atoms with E-state index < -0.39 is 5.97 Å². The summed E-state index contributed by atoms with van der Waals surface area (Å²) in [6.07, 6.45) is 1.06. The van der Waals surface area contributed by atoms with E-state index in [0.717, 1.165) is 19.5 Å². The number of methoxy groups -OCH3 is 1. The third-order valence-corrected chi connectivity index (χ3v) is 3.82. The van der Waals surface area contributed by atoms with E-state index in [1.165, 1.54) is 6.07 Å². The molecule has 1 unspecified atom stereocenters. The molecule has 7 heteroatoms. The van der Waals surface area contributed by atoms with Crippen LogP contribution in [0.25, 0.3) is 11.3 Å². The number of nitrogens with zero attached hydrogens (tertiary/aromatic N) is 2. The van der Waals surface area contributed by atoms with Gasteiger partial charge in [-0.05, 0) is 25.6 Å². The van der Waals surface area contributed by atoms with Gasteiger partial charge in [-0.25, -0.2) is 4.79 Å². The van der Waals surface area contributed by atoms with E-state index >= 15 is 0 Å². The smallest absolute Gasteiger partial charge is 0.358 e. The average Bonchev–Trinajstić information content (AvgIpc) is 3.16. The van der Waals surface area contributed by atoms with Crippen LogP contribution in [0.4, 0.5) is 0 Å². The molecule has 1 saturated heterocycles. The van der Waals surface area contributed by atoms with Gasteiger partial charge >= 0.3 is 5.97 Å². The van der Waals surface area contributed by atoms with Crippen molar-refractivity contribution >= 4 is 5.97 Å². The molecule has 1 fully saturated rings. The fourth-order valence-electron chi connectivity index (χ4n) is 2.69. The first-order valence-corrected chi connectivity index (χ1v) is 7.31. The maximum atomic E-state index is 10.9. The molecule has 1 aromatic heterocycles. The zero-order valence-electron chi connectivity index (χ0n) is 13.0. The molecule has 1 aromatic carbocycles. The Labute approximate surface area is 133 Å². The van der Waals surface area contributed by atoms with Crippen LogP contribution in [0.5, 0.6) is 11.5 Å². The van der Waals surface area contributed by atoms with Crippen molar-refractivity contribution in [3.05, 3.63) is 30.0 Å². The lowest BCUT2D eigenvalue weighted by Crippen LogP contribution is -2.21. The number of hydrogen-bond donors (Lipinski definition) is 1. The standard InChI is InChI=1S/C16H18N2O5/c1-18-7-6-10(9-18)22-13-5-3-4-11(15(13)21-2)14-8-12(16(19)20)17-23-14/h3-5,8,10H,6-7,9H2,1-2H3,(H,19,20). The zero-order chi connectivity index (χ0) is 16.4. The first-order valence-electron chi connectivity index (χ1n) is 7.31. The van der Waals surface area contributed by atoms with Crippen LogP contribution in [0, 0.1) is 0 Å². The fraction of sp³-hybridized carbons (Fsp3) is 0.375. The van der Waals surface area contributed by atoms with Gasteiger partial charge in [0.1, 0.15) is 6.10 Å². The summed E-state index contributed by atoms with van der Waals surface area (Å²) in [6.45, 7) is 1.86. The number of hydrogen-bond acceptors (Lipinski definition) is 6. The number of aromatic carboxylic acids is 1. The van der Waals surface area contributed by atoms with Crippen LogP contribution in [0.3, 0.4) is 0 Å². The van der Waals surface area contributed by atoms with Gasteiger partial charge in [-0.15, -0.1) is 0 Å². The van der Waals surface area contributed by atoms with E-state index in [1.54, 1.807) is 13.2 Å². The molecule has 122 valence electrons. The quantitative estimate of drug-likeness (QED) is 0.904. The van der Waals surface area contributed by atoms with Crippen LogP contribution in [-0.2, 0) is 0 Å². The summed E-state index contributed by atoms with van der Waals surface area (Å²) in [7, 11) is 3.60. The van der Waals surface area contributed by atoms with Crippen molar-refractivity contribution in [2.75, 3.05) is 27.2 Å². The van der Waals surface area contributed by atoms with E-state index in [2.05, 4.69) is 17.1 Å². The Bertz CT molecular complexity index is 712. The van der Waals surface area contributed by atoms with Gasteiger partial charge in [-0.2, -0.15) is 0 Å². The number of carbonyl (C=O) groups is 1. The molecule has 0 saturated carbocycles. The van der Waals surface area contributed by atoms with E-state index in [1.807, 2.05) is 12.1 Å². The van der Waals surface area contributed by atoms with Gasteiger partial charge in [0.25, 0.3) is 0 Å². The minimum absolute atomic E-state index is 0.105. The van der Waals surface area contributed by atoms with Gasteiger partial charge in [0.15, 0.2) is 23.0 Å². The normalized spacial score (nSPS) is 18.1. The van der Waals surface area contributed by atoms with Gasteiger partial charge in [-0.3, -0.25) is 0 Å². The Hall–Kier alpha value is -2.54. The summed E-state index contributed by atoms with van der Waals surface area (Å²) in [5, 5.41) is 12.5. The lowest BCUT2D eigenvalue weighted by atomic mass is 10.1. The molecular formula is C16H18N2O5. The number of carboxylic acid groups (broad SMARTS) is 1. The van der Waals surface area contributed by atoms with Crippen LogP contribution in [0.2, 0.25) is 0 Å². The Morgan fingerprint density at radius 3 is 2.91 bits per heavy atom. The molecule has 1 aliphatic heterocycles. The Kier molecular flexibility index (Phi) is 4.20. The molecule has 0 aliphatic carbocycles. The van der Waals surface area contributed by atoms with Gasteiger partial charge < -0.3 is 24.0 Å². The molecule has 0 bridgehead atoms. The lowest BCUT2D eigenvalue weighted by molar-refractivity contribution is 0.0686. The maximum Gasteiger partial charge on any atom is 0.358 e. The second kappa shape index (κ2) is 6.29. The topological polar surface area (TPSA) is 85.0 Å². The predicted octanol–water partition coefficient (Wildman–Crippen LogP) is 2.13. The highest BCUT2D eigenvalue weighted by Crippen LogP contribution is 2.39. The number of ether oxygens (including phenoxy) is 2. The van der Waals surface area contributed by atoms with Crippen LogP contribution in [-0.4, -0.2) is 54.5 Å². The summed E-state index contributed by atoms with van der Waals surface area (Å²) in [6, 6.07) is 6.79. The molecular weight excluding hydrogens is 300 g/mol. The van der Waals surface area contributed by atoms with Crippen molar-refractivity contribution in [2.45, 2.75) is 12.5 Å². The predicted molar refractivity (Wildman–Crippen MR) is 82.0 cm³/mol. The number of likely N-dealkylation sites (tertiary alicyclic amines) is 1. The van der Waals surface area contributed by atoms with Gasteiger partial charge in [0.05, 0.1) is 12.7 Å². The monoisotopic (exact) mass is 318 g/mol. The van der Waals surface area contributed by atoms with Crippen LogP contribution in [0.1, 0.15) is 16.9 Å². The first-order chi connectivity index (χ1) is 11.1. The van der Waals surface area contributed by atoms with E-state index in [4.69, 9.17) is 19.1 Å². The molecule has 2 heterocycles. The number of para-hydroxylation sites is 1. The summed E-state index contributed by atoms with van der Waals surface area (Å²) >= 11 is 0. The minimum Gasteiger partial charge on any atom is -0.492 e. The average molecular weight is 318 g/mol.